The number of fused-ring (bicyclic) bond motifs is 1. The Morgan fingerprint density at radius 1 is 1.11 bits per heavy atom. The molecule has 7 nitrogen and oxygen atoms in total. The van der Waals surface area contributed by atoms with E-state index in [1.165, 1.54) is 7.11 Å². The number of sulfonamides is 1. The standard InChI is InChI=1S/C19H24N2O5S/c1-24-16-7-5-4-6-13(16)10-21-11-14-8-17(25-2)19(27(20,22)23)9-15(14)18(12-21)26-3/h4-9,18H,10-12H2,1-3H3,(H2,20,22,23). The second kappa shape index (κ2) is 7.85. The Morgan fingerprint density at radius 2 is 1.81 bits per heavy atom. The summed E-state index contributed by atoms with van der Waals surface area (Å²) in [4.78, 5) is 2.20. The quantitative estimate of drug-likeness (QED) is 0.809. The average molecular weight is 392 g/mol. The van der Waals surface area contributed by atoms with Crippen molar-refractivity contribution in [3.05, 3.63) is 53.1 Å². The molecule has 1 heterocycles. The predicted molar refractivity (Wildman–Crippen MR) is 101 cm³/mol. The zero-order valence-corrected chi connectivity index (χ0v) is 16.5. The summed E-state index contributed by atoms with van der Waals surface area (Å²) in [5.74, 6) is 1.07. The van der Waals surface area contributed by atoms with Gasteiger partial charge in [0.15, 0.2) is 0 Å². The summed E-state index contributed by atoms with van der Waals surface area (Å²) in [6, 6.07) is 11.2. The first kappa shape index (κ1) is 19.6. The second-order valence-electron chi connectivity index (χ2n) is 6.45. The lowest BCUT2D eigenvalue weighted by Gasteiger charge is -2.34. The van der Waals surface area contributed by atoms with Crippen LogP contribution in [0.4, 0.5) is 0 Å². The lowest BCUT2D eigenvalue weighted by molar-refractivity contribution is 0.0446. The summed E-state index contributed by atoms with van der Waals surface area (Å²) < 4.78 is 40.1. The zero-order chi connectivity index (χ0) is 19.6. The fourth-order valence-corrected chi connectivity index (χ4v) is 4.18. The van der Waals surface area contributed by atoms with Crippen molar-refractivity contribution in [3.8, 4) is 11.5 Å². The Bertz CT molecular complexity index is 930. The highest BCUT2D eigenvalue weighted by Crippen LogP contribution is 2.36. The van der Waals surface area contributed by atoms with Crippen molar-refractivity contribution >= 4 is 10.0 Å². The number of hydrogen-bond donors (Lipinski definition) is 1. The molecule has 0 radical (unpaired) electrons. The molecule has 0 aromatic heterocycles. The number of nitrogens with two attached hydrogens (primary N) is 1. The van der Waals surface area contributed by atoms with Crippen molar-refractivity contribution in [2.75, 3.05) is 27.9 Å². The number of nitrogens with zero attached hydrogens (tertiary/aromatic N) is 1. The van der Waals surface area contributed by atoms with E-state index in [0.717, 1.165) is 22.4 Å². The van der Waals surface area contributed by atoms with E-state index in [1.807, 2.05) is 24.3 Å². The number of ether oxygens (including phenoxy) is 3. The molecule has 146 valence electrons. The highest BCUT2D eigenvalue weighted by Gasteiger charge is 2.29. The number of rotatable bonds is 6. The van der Waals surface area contributed by atoms with E-state index in [-0.39, 0.29) is 16.7 Å². The van der Waals surface area contributed by atoms with Gasteiger partial charge in [-0.3, -0.25) is 4.90 Å². The third-order valence-electron chi connectivity index (χ3n) is 4.77. The lowest BCUT2D eigenvalue weighted by atomic mass is 9.96. The Balaban J connectivity index is 1.96. The minimum absolute atomic E-state index is 0.0241. The molecular weight excluding hydrogens is 368 g/mol. The lowest BCUT2D eigenvalue weighted by Crippen LogP contribution is -2.34. The molecule has 0 bridgehead atoms. The van der Waals surface area contributed by atoms with Crippen molar-refractivity contribution in [3.63, 3.8) is 0 Å². The van der Waals surface area contributed by atoms with Gasteiger partial charge in [-0.15, -0.1) is 0 Å². The van der Waals surface area contributed by atoms with Gasteiger partial charge < -0.3 is 14.2 Å². The van der Waals surface area contributed by atoms with Crippen molar-refractivity contribution in [2.24, 2.45) is 5.14 Å². The maximum Gasteiger partial charge on any atom is 0.241 e. The molecule has 0 saturated carbocycles. The van der Waals surface area contributed by atoms with Crippen LogP contribution in [0.5, 0.6) is 11.5 Å². The maximum absolute atomic E-state index is 11.9. The number of primary sulfonamides is 1. The largest absolute Gasteiger partial charge is 0.496 e. The van der Waals surface area contributed by atoms with E-state index in [4.69, 9.17) is 19.3 Å². The van der Waals surface area contributed by atoms with Gasteiger partial charge in [0, 0.05) is 32.3 Å². The summed E-state index contributed by atoms with van der Waals surface area (Å²) in [6.45, 7) is 1.94. The molecule has 1 atom stereocenters. The average Bonchev–Trinajstić information content (AvgIpc) is 2.65. The molecule has 0 saturated heterocycles. The number of para-hydroxylation sites is 1. The van der Waals surface area contributed by atoms with Gasteiger partial charge in [-0.2, -0.15) is 0 Å². The van der Waals surface area contributed by atoms with Crippen LogP contribution in [0.1, 0.15) is 22.8 Å². The minimum Gasteiger partial charge on any atom is -0.496 e. The van der Waals surface area contributed by atoms with E-state index < -0.39 is 10.0 Å². The molecule has 2 N–H and O–H groups in total. The van der Waals surface area contributed by atoms with Crippen LogP contribution in [-0.4, -0.2) is 41.2 Å². The Hall–Kier alpha value is -2.13. The van der Waals surface area contributed by atoms with Gasteiger partial charge >= 0.3 is 0 Å². The van der Waals surface area contributed by atoms with E-state index >= 15 is 0 Å². The van der Waals surface area contributed by atoms with Crippen LogP contribution in [0.25, 0.3) is 0 Å². The van der Waals surface area contributed by atoms with Gasteiger partial charge in [0.1, 0.15) is 16.4 Å². The molecule has 3 rings (SSSR count). The summed E-state index contributed by atoms with van der Waals surface area (Å²) in [5.41, 5.74) is 2.84. The molecule has 2 aromatic rings. The van der Waals surface area contributed by atoms with Gasteiger partial charge in [-0.05, 0) is 29.3 Å². The van der Waals surface area contributed by atoms with Crippen molar-refractivity contribution < 1.29 is 22.6 Å². The topological polar surface area (TPSA) is 91.1 Å². The van der Waals surface area contributed by atoms with Crippen LogP contribution in [0.15, 0.2) is 41.3 Å². The normalized spacial score (nSPS) is 17.4. The molecule has 2 aromatic carbocycles. The highest BCUT2D eigenvalue weighted by molar-refractivity contribution is 7.89. The molecular formula is C19H24N2O5S. The first-order chi connectivity index (χ1) is 12.9. The van der Waals surface area contributed by atoms with Crippen LogP contribution in [-0.2, 0) is 27.8 Å². The van der Waals surface area contributed by atoms with Crippen molar-refractivity contribution in [1.29, 1.82) is 0 Å². The van der Waals surface area contributed by atoms with Crippen LogP contribution >= 0.6 is 0 Å². The fraction of sp³-hybridized carbons (Fsp3) is 0.368. The number of benzene rings is 2. The van der Waals surface area contributed by atoms with Gasteiger partial charge in [0.05, 0.1) is 20.3 Å². The van der Waals surface area contributed by atoms with Crippen LogP contribution in [0.3, 0.4) is 0 Å². The maximum atomic E-state index is 11.9. The van der Waals surface area contributed by atoms with Crippen LogP contribution in [0.2, 0.25) is 0 Å². The minimum atomic E-state index is -3.89. The molecule has 8 heteroatoms. The van der Waals surface area contributed by atoms with Crippen molar-refractivity contribution in [1.82, 2.24) is 4.90 Å². The first-order valence-corrected chi connectivity index (χ1v) is 10.0. The number of hydrogen-bond acceptors (Lipinski definition) is 6. The molecule has 0 aliphatic carbocycles. The Labute approximate surface area is 159 Å². The first-order valence-electron chi connectivity index (χ1n) is 8.48. The van der Waals surface area contributed by atoms with Gasteiger partial charge in [0.2, 0.25) is 10.0 Å². The zero-order valence-electron chi connectivity index (χ0n) is 15.6. The van der Waals surface area contributed by atoms with E-state index in [2.05, 4.69) is 4.90 Å². The Morgan fingerprint density at radius 3 is 2.44 bits per heavy atom. The molecule has 27 heavy (non-hydrogen) atoms. The molecule has 0 fully saturated rings. The fourth-order valence-electron chi connectivity index (χ4n) is 3.47. The Kier molecular flexibility index (Phi) is 5.71. The van der Waals surface area contributed by atoms with Gasteiger partial charge in [-0.25, -0.2) is 13.6 Å². The smallest absolute Gasteiger partial charge is 0.241 e. The third kappa shape index (κ3) is 4.08. The third-order valence-corrected chi connectivity index (χ3v) is 5.70. The summed E-state index contributed by atoms with van der Waals surface area (Å²) >= 11 is 0. The van der Waals surface area contributed by atoms with E-state index in [9.17, 15) is 8.42 Å². The van der Waals surface area contributed by atoms with E-state index in [0.29, 0.717) is 19.6 Å². The second-order valence-corrected chi connectivity index (χ2v) is 7.98. The summed E-state index contributed by atoms with van der Waals surface area (Å²) in [7, 11) is 0.805. The summed E-state index contributed by atoms with van der Waals surface area (Å²) in [5, 5.41) is 5.34. The predicted octanol–water partition coefficient (Wildman–Crippen LogP) is 2.05. The van der Waals surface area contributed by atoms with Gasteiger partial charge in [-0.1, -0.05) is 18.2 Å². The molecule has 0 amide bonds. The van der Waals surface area contributed by atoms with Crippen LogP contribution in [0, 0.1) is 0 Å². The monoisotopic (exact) mass is 392 g/mol. The van der Waals surface area contributed by atoms with Gasteiger partial charge in [0.25, 0.3) is 0 Å². The summed E-state index contributed by atoms with van der Waals surface area (Å²) in [6.07, 6.45) is -0.269. The van der Waals surface area contributed by atoms with Crippen molar-refractivity contribution in [2.45, 2.75) is 24.1 Å². The SMILES string of the molecule is COc1ccccc1CN1Cc2cc(OC)c(S(N)(=O)=O)cc2C(OC)C1. The highest BCUT2D eigenvalue weighted by atomic mass is 32.2. The molecule has 1 aliphatic rings. The molecule has 1 unspecified atom stereocenters. The molecule has 0 spiro atoms. The van der Waals surface area contributed by atoms with E-state index in [1.54, 1.807) is 26.4 Å². The van der Waals surface area contributed by atoms with Crippen LogP contribution < -0.4 is 14.6 Å². The number of methoxy groups -OCH3 is 3. The molecule has 1 aliphatic heterocycles.